The summed E-state index contributed by atoms with van der Waals surface area (Å²) in [5, 5.41) is 15.1. The number of carbonyl (C=O) groups excluding carboxylic acids is 2. The fourth-order valence-electron chi connectivity index (χ4n) is 7.40. The van der Waals surface area contributed by atoms with Gasteiger partial charge in [-0.3, -0.25) is 19.4 Å². The molecule has 14 heteroatoms. The quantitative estimate of drug-likeness (QED) is 0.365. The van der Waals surface area contributed by atoms with Crippen LogP contribution in [0.25, 0.3) is 10.9 Å². The van der Waals surface area contributed by atoms with Gasteiger partial charge in [0, 0.05) is 70.0 Å². The lowest BCUT2D eigenvalue weighted by atomic mass is 9.96. The van der Waals surface area contributed by atoms with Crippen LogP contribution in [0.1, 0.15) is 55.9 Å². The van der Waals surface area contributed by atoms with Crippen molar-refractivity contribution in [3.8, 4) is 0 Å². The number of sulfonamides is 1. The molecule has 2 amide bonds. The number of piperazine rings is 1. The predicted molar refractivity (Wildman–Crippen MR) is 175 cm³/mol. The molecule has 0 aliphatic carbocycles. The molecule has 3 aliphatic heterocycles. The normalized spacial score (nSPS) is 23.5. The second-order valence-electron chi connectivity index (χ2n) is 13.2. The minimum absolute atomic E-state index is 0.0773. The molecule has 2 aromatic rings. The van der Waals surface area contributed by atoms with Crippen LogP contribution in [0.5, 0.6) is 0 Å². The van der Waals surface area contributed by atoms with Gasteiger partial charge in [-0.05, 0) is 57.0 Å². The number of aliphatic hydroxyl groups is 1. The van der Waals surface area contributed by atoms with Gasteiger partial charge < -0.3 is 24.6 Å². The maximum Gasteiger partial charge on any atom is 0.409 e. The lowest BCUT2D eigenvalue weighted by molar-refractivity contribution is 0.0292. The summed E-state index contributed by atoms with van der Waals surface area (Å²) in [5.74, 6) is -0.352. The zero-order valence-electron chi connectivity index (χ0n) is 27.3. The molecule has 0 saturated carbocycles. The number of aliphatic hydroxyl groups excluding tert-OH is 1. The molecule has 0 spiro atoms. The van der Waals surface area contributed by atoms with Crippen LogP contribution in [0.3, 0.4) is 0 Å². The number of nitrogens with one attached hydrogen (secondary N) is 1. The van der Waals surface area contributed by atoms with Gasteiger partial charge in [-0.25, -0.2) is 13.2 Å². The van der Waals surface area contributed by atoms with Gasteiger partial charge in [0.15, 0.2) is 0 Å². The number of carbonyl (C=O) groups is 2. The number of pyridine rings is 1. The molecule has 3 saturated heterocycles. The van der Waals surface area contributed by atoms with E-state index in [0.29, 0.717) is 45.8 Å². The third kappa shape index (κ3) is 7.73. The maximum absolute atomic E-state index is 13.4. The Kier molecular flexibility index (Phi) is 10.7. The first-order chi connectivity index (χ1) is 21.8. The van der Waals surface area contributed by atoms with Crippen molar-refractivity contribution >= 4 is 32.9 Å². The number of para-hydroxylation sites is 1. The van der Waals surface area contributed by atoms with Gasteiger partial charge in [0.2, 0.25) is 10.0 Å². The summed E-state index contributed by atoms with van der Waals surface area (Å²) in [6.07, 6.45) is 3.28. The third-order valence-corrected chi connectivity index (χ3v) is 11.0. The van der Waals surface area contributed by atoms with Gasteiger partial charge in [-0.1, -0.05) is 18.2 Å². The van der Waals surface area contributed by atoms with Crippen LogP contribution in [-0.4, -0.2) is 139 Å². The van der Waals surface area contributed by atoms with Gasteiger partial charge in [-0.2, -0.15) is 4.31 Å². The Labute approximate surface area is 271 Å². The van der Waals surface area contributed by atoms with E-state index in [1.807, 2.05) is 38.1 Å². The van der Waals surface area contributed by atoms with E-state index in [2.05, 4.69) is 15.1 Å². The summed E-state index contributed by atoms with van der Waals surface area (Å²) in [5.41, 5.74) is 0.668. The first-order valence-corrected chi connectivity index (χ1v) is 18.1. The summed E-state index contributed by atoms with van der Waals surface area (Å²) in [7, 11) is -1.90. The van der Waals surface area contributed by atoms with E-state index >= 15 is 0 Å². The standard InChI is InChI=1S/C32H48N6O7S/c1-22(2)38-29-8-6-5-7-23(29)17-28(31(38)41)30(40)33-24-18-25-9-10-26(19-24)37(25)21-27(39)20-35(32(42)45-3)14-11-34-12-15-36(16-13-34)46(4,43)44/h5-8,17,22,24-27,39H,9-16,18-21H2,1-4H3,(H,33,40)/t24-,25+,26-,27?. The Hall–Kier alpha value is -3.04. The van der Waals surface area contributed by atoms with Crippen molar-refractivity contribution in [3.63, 3.8) is 0 Å². The molecule has 0 radical (unpaired) electrons. The zero-order chi connectivity index (χ0) is 33.2. The predicted octanol–water partition coefficient (Wildman–Crippen LogP) is 1.31. The van der Waals surface area contributed by atoms with Crippen LogP contribution in [-0.2, 0) is 14.8 Å². The Bertz CT molecular complexity index is 1560. The highest BCUT2D eigenvalue weighted by Crippen LogP contribution is 2.36. The molecule has 4 heterocycles. The molecule has 4 atom stereocenters. The molecule has 46 heavy (non-hydrogen) atoms. The van der Waals surface area contributed by atoms with E-state index in [9.17, 15) is 27.9 Å². The number of fused-ring (bicyclic) bond motifs is 3. The van der Waals surface area contributed by atoms with Gasteiger partial charge in [0.1, 0.15) is 5.56 Å². The van der Waals surface area contributed by atoms with Crippen molar-refractivity contribution in [3.05, 3.63) is 46.2 Å². The highest BCUT2D eigenvalue weighted by molar-refractivity contribution is 7.88. The number of methoxy groups -OCH3 is 1. The average molecular weight is 661 g/mol. The van der Waals surface area contributed by atoms with Crippen LogP contribution in [0.2, 0.25) is 0 Å². The van der Waals surface area contributed by atoms with Gasteiger partial charge >= 0.3 is 6.09 Å². The summed E-state index contributed by atoms with van der Waals surface area (Å²) < 4.78 is 31.7. The van der Waals surface area contributed by atoms with Crippen molar-refractivity contribution in [2.24, 2.45) is 0 Å². The zero-order valence-corrected chi connectivity index (χ0v) is 28.1. The fourth-order valence-corrected chi connectivity index (χ4v) is 8.23. The van der Waals surface area contributed by atoms with E-state index in [1.54, 1.807) is 10.6 Å². The molecule has 3 fully saturated rings. The average Bonchev–Trinajstić information content (AvgIpc) is 3.23. The van der Waals surface area contributed by atoms with E-state index in [1.165, 1.54) is 22.6 Å². The fraction of sp³-hybridized carbons (Fsp3) is 0.656. The minimum atomic E-state index is -3.22. The molecule has 13 nitrogen and oxygen atoms in total. The maximum atomic E-state index is 13.4. The third-order valence-electron chi connectivity index (χ3n) is 9.70. The lowest BCUT2D eigenvalue weighted by Crippen LogP contribution is -2.54. The van der Waals surface area contributed by atoms with Gasteiger partial charge in [0.25, 0.3) is 11.5 Å². The number of piperidine rings is 1. The molecule has 1 aromatic heterocycles. The first kappa shape index (κ1) is 34.3. The van der Waals surface area contributed by atoms with Crippen LogP contribution < -0.4 is 10.9 Å². The molecular weight excluding hydrogens is 612 g/mol. The van der Waals surface area contributed by atoms with Gasteiger partial charge in [0.05, 0.1) is 31.5 Å². The number of hydrogen-bond acceptors (Lipinski definition) is 9. The molecule has 1 unspecified atom stereocenters. The Morgan fingerprint density at radius 2 is 1.74 bits per heavy atom. The Balaban J connectivity index is 1.15. The highest BCUT2D eigenvalue weighted by atomic mass is 32.2. The second-order valence-corrected chi connectivity index (χ2v) is 15.2. The number of benzene rings is 1. The summed E-state index contributed by atoms with van der Waals surface area (Å²) in [4.78, 5) is 45.3. The van der Waals surface area contributed by atoms with Crippen molar-refractivity contribution in [2.75, 3.05) is 65.7 Å². The van der Waals surface area contributed by atoms with Crippen molar-refractivity contribution < 1.29 is 27.9 Å². The van der Waals surface area contributed by atoms with Crippen LogP contribution in [0.15, 0.2) is 35.1 Å². The van der Waals surface area contributed by atoms with Crippen molar-refractivity contribution in [1.82, 2.24) is 28.9 Å². The smallest absolute Gasteiger partial charge is 0.409 e. The summed E-state index contributed by atoms with van der Waals surface area (Å²) >= 11 is 0. The number of aromatic nitrogens is 1. The number of rotatable bonds is 11. The van der Waals surface area contributed by atoms with E-state index < -0.39 is 22.2 Å². The SMILES string of the molecule is COC(=O)N(CCN1CCN(S(C)(=O)=O)CC1)CC(O)CN1[C@@H]2CC[C@H]1C[C@@H](NC(=O)c1cc3ccccc3n(C(C)C)c1=O)C2. The molecule has 1 aromatic carbocycles. The second kappa shape index (κ2) is 14.4. The molecule has 254 valence electrons. The van der Waals surface area contributed by atoms with Crippen molar-refractivity contribution in [2.45, 2.75) is 69.8 Å². The number of ether oxygens (including phenoxy) is 1. The van der Waals surface area contributed by atoms with Crippen LogP contribution in [0, 0.1) is 0 Å². The highest BCUT2D eigenvalue weighted by Gasteiger charge is 2.42. The Morgan fingerprint density at radius 3 is 2.35 bits per heavy atom. The van der Waals surface area contributed by atoms with E-state index in [4.69, 9.17) is 4.74 Å². The van der Waals surface area contributed by atoms with Crippen molar-refractivity contribution in [1.29, 1.82) is 0 Å². The first-order valence-electron chi connectivity index (χ1n) is 16.2. The molecule has 2 bridgehead atoms. The summed E-state index contributed by atoms with van der Waals surface area (Å²) in [6.45, 7) is 7.29. The Morgan fingerprint density at radius 1 is 1.09 bits per heavy atom. The number of nitrogens with zero attached hydrogens (tertiary/aromatic N) is 5. The van der Waals surface area contributed by atoms with Crippen LogP contribution >= 0.6 is 0 Å². The number of hydrogen-bond donors (Lipinski definition) is 2. The molecule has 3 aliphatic rings. The number of amides is 2. The van der Waals surface area contributed by atoms with E-state index in [0.717, 1.165) is 36.6 Å². The summed E-state index contributed by atoms with van der Waals surface area (Å²) in [6, 6.07) is 9.48. The van der Waals surface area contributed by atoms with Crippen LogP contribution in [0.4, 0.5) is 4.79 Å². The van der Waals surface area contributed by atoms with Gasteiger partial charge in [-0.15, -0.1) is 0 Å². The lowest BCUT2D eigenvalue weighted by Gasteiger charge is -2.40. The molecule has 2 N–H and O–H groups in total. The monoisotopic (exact) mass is 660 g/mol. The topological polar surface area (TPSA) is 145 Å². The molecular formula is C32H48N6O7S. The van der Waals surface area contributed by atoms with E-state index in [-0.39, 0.29) is 47.7 Å². The molecule has 5 rings (SSSR count). The minimum Gasteiger partial charge on any atom is -0.453 e. The largest absolute Gasteiger partial charge is 0.453 e.